The number of benzene rings is 2. The van der Waals surface area contributed by atoms with Gasteiger partial charge in [-0.1, -0.05) is 36.4 Å². The third-order valence-electron chi connectivity index (χ3n) is 3.78. The summed E-state index contributed by atoms with van der Waals surface area (Å²) in [7, 11) is 0. The Labute approximate surface area is 157 Å². The van der Waals surface area contributed by atoms with E-state index in [1.165, 1.54) is 6.92 Å². The van der Waals surface area contributed by atoms with E-state index >= 15 is 0 Å². The fraction of sp³-hybridized carbons (Fsp3) is 0.0952. The highest BCUT2D eigenvalue weighted by Crippen LogP contribution is 2.17. The van der Waals surface area contributed by atoms with Crippen LogP contribution in [0.3, 0.4) is 0 Å². The number of hydrogen-bond donors (Lipinski definition) is 3. The van der Waals surface area contributed by atoms with Crippen LogP contribution in [0.2, 0.25) is 0 Å². The first-order valence-electron chi connectivity index (χ1n) is 8.53. The second-order valence-corrected chi connectivity index (χ2v) is 5.99. The van der Waals surface area contributed by atoms with E-state index in [9.17, 15) is 9.59 Å². The van der Waals surface area contributed by atoms with Crippen molar-refractivity contribution in [3.8, 4) is 0 Å². The van der Waals surface area contributed by atoms with Crippen LogP contribution in [0.15, 0.2) is 72.9 Å². The lowest BCUT2D eigenvalue weighted by molar-refractivity contribution is -0.114. The fourth-order valence-electron chi connectivity index (χ4n) is 2.54. The summed E-state index contributed by atoms with van der Waals surface area (Å²) in [6, 6.07) is 20.3. The molecule has 0 fully saturated rings. The van der Waals surface area contributed by atoms with Crippen molar-refractivity contribution in [3.63, 3.8) is 0 Å². The number of anilines is 3. The summed E-state index contributed by atoms with van der Waals surface area (Å²) >= 11 is 0. The molecule has 27 heavy (non-hydrogen) atoms. The van der Waals surface area contributed by atoms with Crippen LogP contribution in [0.5, 0.6) is 0 Å². The number of carbonyl (C=O) groups excluding carboxylic acids is 2. The van der Waals surface area contributed by atoms with E-state index < -0.39 is 0 Å². The number of carbonyl (C=O) groups is 2. The maximum Gasteiger partial charge on any atom is 0.255 e. The van der Waals surface area contributed by atoms with E-state index in [2.05, 4.69) is 20.9 Å². The highest BCUT2D eigenvalue weighted by Gasteiger charge is 2.08. The van der Waals surface area contributed by atoms with Crippen molar-refractivity contribution in [2.75, 3.05) is 16.0 Å². The molecule has 2 amide bonds. The summed E-state index contributed by atoms with van der Waals surface area (Å²) in [6.07, 6.45) is 1.59. The molecule has 0 bridgehead atoms. The molecule has 0 radical (unpaired) electrons. The van der Waals surface area contributed by atoms with Crippen LogP contribution in [0, 0.1) is 0 Å². The molecule has 3 N–H and O–H groups in total. The number of hydrogen-bond acceptors (Lipinski definition) is 4. The molecule has 0 atom stereocenters. The SMILES string of the molecule is CC(=O)Nc1cccc(NC(=O)c2ccnc(NCc3ccccc3)c2)c1. The lowest BCUT2D eigenvalue weighted by atomic mass is 10.2. The molecule has 0 saturated heterocycles. The molecule has 3 rings (SSSR count). The Morgan fingerprint density at radius 3 is 2.37 bits per heavy atom. The smallest absolute Gasteiger partial charge is 0.255 e. The molecular formula is C21H20N4O2. The normalized spacial score (nSPS) is 10.1. The summed E-state index contributed by atoms with van der Waals surface area (Å²) in [6.45, 7) is 2.06. The van der Waals surface area contributed by atoms with E-state index in [-0.39, 0.29) is 11.8 Å². The van der Waals surface area contributed by atoms with Gasteiger partial charge in [-0.25, -0.2) is 4.98 Å². The molecule has 6 nitrogen and oxygen atoms in total. The number of aromatic nitrogens is 1. The molecule has 0 unspecified atom stereocenters. The first kappa shape index (κ1) is 18.1. The summed E-state index contributed by atoms with van der Waals surface area (Å²) in [4.78, 5) is 27.9. The average molecular weight is 360 g/mol. The van der Waals surface area contributed by atoms with Crippen molar-refractivity contribution in [1.82, 2.24) is 4.98 Å². The zero-order valence-corrected chi connectivity index (χ0v) is 14.9. The Morgan fingerprint density at radius 1 is 0.889 bits per heavy atom. The van der Waals surface area contributed by atoms with Gasteiger partial charge in [0.2, 0.25) is 5.91 Å². The van der Waals surface area contributed by atoms with Crippen LogP contribution in [0.25, 0.3) is 0 Å². The zero-order chi connectivity index (χ0) is 19.1. The van der Waals surface area contributed by atoms with Crippen LogP contribution in [-0.2, 0) is 11.3 Å². The van der Waals surface area contributed by atoms with Gasteiger partial charge in [-0.05, 0) is 35.9 Å². The molecule has 0 aliphatic heterocycles. The molecule has 1 aromatic heterocycles. The molecule has 6 heteroatoms. The molecule has 2 aromatic carbocycles. The van der Waals surface area contributed by atoms with Crippen LogP contribution < -0.4 is 16.0 Å². The standard InChI is InChI=1S/C21H20N4O2/c1-15(26)24-18-8-5-9-19(13-18)25-21(27)17-10-11-22-20(12-17)23-14-16-6-3-2-4-7-16/h2-13H,14H2,1H3,(H,22,23)(H,24,26)(H,25,27). The summed E-state index contributed by atoms with van der Waals surface area (Å²) in [5.41, 5.74) is 2.84. The van der Waals surface area contributed by atoms with E-state index in [1.54, 1.807) is 42.6 Å². The first-order chi connectivity index (χ1) is 13.1. The third kappa shape index (κ3) is 5.40. The number of nitrogens with zero attached hydrogens (tertiary/aromatic N) is 1. The molecular weight excluding hydrogens is 340 g/mol. The van der Waals surface area contributed by atoms with Gasteiger partial charge in [0, 0.05) is 36.6 Å². The molecule has 0 saturated carbocycles. The molecule has 0 spiro atoms. The lowest BCUT2D eigenvalue weighted by Crippen LogP contribution is -2.13. The monoisotopic (exact) mass is 360 g/mol. The second kappa shape index (κ2) is 8.62. The van der Waals surface area contributed by atoms with Crippen molar-refractivity contribution < 1.29 is 9.59 Å². The third-order valence-corrected chi connectivity index (χ3v) is 3.78. The molecule has 136 valence electrons. The largest absolute Gasteiger partial charge is 0.366 e. The Hall–Kier alpha value is -3.67. The maximum absolute atomic E-state index is 12.5. The quantitative estimate of drug-likeness (QED) is 0.622. The molecule has 1 heterocycles. The first-order valence-corrected chi connectivity index (χ1v) is 8.53. The molecule has 0 aliphatic rings. The molecule has 3 aromatic rings. The van der Waals surface area contributed by atoms with Gasteiger partial charge < -0.3 is 16.0 Å². The predicted molar refractivity (Wildman–Crippen MR) is 107 cm³/mol. The number of amides is 2. The van der Waals surface area contributed by atoms with Crippen molar-refractivity contribution in [1.29, 1.82) is 0 Å². The van der Waals surface area contributed by atoms with Gasteiger partial charge in [-0.15, -0.1) is 0 Å². The number of pyridine rings is 1. The summed E-state index contributed by atoms with van der Waals surface area (Å²) in [5, 5.41) is 8.73. The van der Waals surface area contributed by atoms with Gasteiger partial charge in [-0.2, -0.15) is 0 Å². The van der Waals surface area contributed by atoms with Gasteiger partial charge in [-0.3, -0.25) is 9.59 Å². The van der Waals surface area contributed by atoms with Crippen LogP contribution in [-0.4, -0.2) is 16.8 Å². The Balaban J connectivity index is 1.65. The number of nitrogens with one attached hydrogen (secondary N) is 3. The minimum absolute atomic E-state index is 0.165. The van der Waals surface area contributed by atoms with Crippen LogP contribution in [0.1, 0.15) is 22.8 Å². The van der Waals surface area contributed by atoms with Gasteiger partial charge in [0.05, 0.1) is 0 Å². The second-order valence-electron chi connectivity index (χ2n) is 5.99. The predicted octanol–water partition coefficient (Wildman–Crippen LogP) is 3.90. The average Bonchev–Trinajstić information content (AvgIpc) is 2.67. The summed E-state index contributed by atoms with van der Waals surface area (Å²) in [5.74, 6) is 0.209. The van der Waals surface area contributed by atoms with Crippen LogP contribution >= 0.6 is 0 Å². The van der Waals surface area contributed by atoms with Gasteiger partial charge in [0.25, 0.3) is 5.91 Å². The van der Waals surface area contributed by atoms with E-state index in [0.717, 1.165) is 5.56 Å². The van der Waals surface area contributed by atoms with Crippen molar-refractivity contribution in [3.05, 3.63) is 84.1 Å². The van der Waals surface area contributed by atoms with Gasteiger partial charge in [0.15, 0.2) is 0 Å². The Kier molecular flexibility index (Phi) is 5.79. The fourth-order valence-corrected chi connectivity index (χ4v) is 2.54. The minimum Gasteiger partial charge on any atom is -0.366 e. The maximum atomic E-state index is 12.5. The Bertz CT molecular complexity index is 942. The van der Waals surface area contributed by atoms with E-state index in [1.807, 2.05) is 30.3 Å². The van der Waals surface area contributed by atoms with E-state index in [4.69, 9.17) is 0 Å². The lowest BCUT2D eigenvalue weighted by Gasteiger charge is -2.10. The van der Waals surface area contributed by atoms with Crippen molar-refractivity contribution >= 4 is 29.0 Å². The topological polar surface area (TPSA) is 83.1 Å². The van der Waals surface area contributed by atoms with E-state index in [0.29, 0.717) is 29.3 Å². The number of rotatable bonds is 6. The molecule has 0 aliphatic carbocycles. The summed E-state index contributed by atoms with van der Waals surface area (Å²) < 4.78 is 0. The highest BCUT2D eigenvalue weighted by molar-refractivity contribution is 6.05. The van der Waals surface area contributed by atoms with Crippen LogP contribution in [0.4, 0.5) is 17.2 Å². The zero-order valence-electron chi connectivity index (χ0n) is 14.9. The highest BCUT2D eigenvalue weighted by atomic mass is 16.2. The van der Waals surface area contributed by atoms with Crippen molar-refractivity contribution in [2.24, 2.45) is 0 Å². The van der Waals surface area contributed by atoms with Crippen molar-refractivity contribution in [2.45, 2.75) is 13.5 Å². The van der Waals surface area contributed by atoms with Gasteiger partial charge in [0.1, 0.15) is 5.82 Å². The Morgan fingerprint density at radius 2 is 1.63 bits per heavy atom. The van der Waals surface area contributed by atoms with Gasteiger partial charge >= 0.3 is 0 Å². The minimum atomic E-state index is -0.250.